The van der Waals surface area contributed by atoms with Crippen molar-refractivity contribution in [1.29, 1.82) is 0 Å². The number of rotatable bonds is 5. The van der Waals surface area contributed by atoms with E-state index in [9.17, 15) is 4.39 Å². The lowest BCUT2D eigenvalue weighted by Gasteiger charge is -2.09. The van der Waals surface area contributed by atoms with E-state index in [1.54, 1.807) is 6.20 Å². The fourth-order valence-corrected chi connectivity index (χ4v) is 2.32. The van der Waals surface area contributed by atoms with Crippen molar-refractivity contribution in [3.05, 3.63) is 51.3 Å². The standard InChI is InChI=1S/C14H13BrClFN2O/c1-2-18-14-4-3-9(7-19-14)8-20-13-6-12(17)11(16)5-10(13)15/h3-7H,2,8H2,1H3,(H,18,19). The Balaban J connectivity index is 2.03. The van der Waals surface area contributed by atoms with Crippen LogP contribution in [0.15, 0.2) is 34.9 Å². The average Bonchev–Trinajstić information content (AvgIpc) is 2.43. The topological polar surface area (TPSA) is 34.1 Å². The lowest BCUT2D eigenvalue weighted by atomic mass is 10.3. The molecule has 1 aromatic heterocycles. The molecule has 0 aliphatic rings. The Bertz CT molecular complexity index is 592. The molecular weight excluding hydrogens is 347 g/mol. The summed E-state index contributed by atoms with van der Waals surface area (Å²) in [7, 11) is 0. The van der Waals surface area contributed by atoms with E-state index in [-0.39, 0.29) is 5.02 Å². The number of anilines is 1. The molecule has 1 heterocycles. The minimum absolute atomic E-state index is 0.0564. The molecule has 0 bridgehead atoms. The lowest BCUT2D eigenvalue weighted by Crippen LogP contribution is -2.01. The molecule has 2 rings (SSSR count). The van der Waals surface area contributed by atoms with E-state index in [0.717, 1.165) is 17.9 Å². The number of nitrogens with zero attached hydrogens (tertiary/aromatic N) is 1. The number of halogens is 3. The van der Waals surface area contributed by atoms with Gasteiger partial charge in [0.1, 0.15) is 24.0 Å². The van der Waals surface area contributed by atoms with E-state index in [2.05, 4.69) is 26.2 Å². The van der Waals surface area contributed by atoms with Gasteiger partial charge in [0.25, 0.3) is 0 Å². The summed E-state index contributed by atoms with van der Waals surface area (Å²) in [5.74, 6) is 0.711. The van der Waals surface area contributed by atoms with E-state index in [1.165, 1.54) is 12.1 Å². The maximum atomic E-state index is 13.4. The van der Waals surface area contributed by atoms with Crippen LogP contribution >= 0.6 is 27.5 Å². The zero-order valence-corrected chi connectivity index (χ0v) is 13.1. The number of nitrogens with one attached hydrogen (secondary N) is 1. The number of hydrogen-bond donors (Lipinski definition) is 1. The van der Waals surface area contributed by atoms with Crippen LogP contribution in [0.4, 0.5) is 10.2 Å². The molecule has 0 unspecified atom stereocenters. The Morgan fingerprint density at radius 2 is 2.20 bits per heavy atom. The molecule has 1 N–H and O–H groups in total. The van der Waals surface area contributed by atoms with Gasteiger partial charge in [-0.15, -0.1) is 0 Å². The minimum atomic E-state index is -0.509. The van der Waals surface area contributed by atoms with Gasteiger partial charge < -0.3 is 10.1 Å². The van der Waals surface area contributed by atoms with Crippen LogP contribution in [0.2, 0.25) is 5.02 Å². The fourth-order valence-electron chi connectivity index (χ4n) is 1.57. The maximum absolute atomic E-state index is 13.4. The van der Waals surface area contributed by atoms with Gasteiger partial charge in [0, 0.05) is 24.4 Å². The highest BCUT2D eigenvalue weighted by Crippen LogP contribution is 2.31. The van der Waals surface area contributed by atoms with Crippen molar-refractivity contribution in [2.45, 2.75) is 13.5 Å². The van der Waals surface area contributed by atoms with E-state index in [0.29, 0.717) is 16.8 Å². The Hall–Kier alpha value is -1.33. The van der Waals surface area contributed by atoms with Gasteiger partial charge in [-0.25, -0.2) is 9.37 Å². The van der Waals surface area contributed by atoms with Gasteiger partial charge in [-0.05, 0) is 35.0 Å². The second-order valence-electron chi connectivity index (χ2n) is 4.07. The Labute approximate surface area is 130 Å². The normalized spacial score (nSPS) is 10.4. The number of pyridine rings is 1. The van der Waals surface area contributed by atoms with Gasteiger partial charge in [-0.1, -0.05) is 17.7 Å². The van der Waals surface area contributed by atoms with Crippen LogP contribution in [-0.4, -0.2) is 11.5 Å². The highest BCUT2D eigenvalue weighted by Gasteiger charge is 2.08. The zero-order valence-electron chi connectivity index (χ0n) is 10.8. The number of ether oxygens (including phenoxy) is 1. The van der Waals surface area contributed by atoms with Crippen molar-refractivity contribution < 1.29 is 9.13 Å². The molecule has 0 spiro atoms. The predicted octanol–water partition coefficient (Wildman–Crippen LogP) is 4.65. The molecule has 0 atom stereocenters. The molecule has 106 valence electrons. The Morgan fingerprint density at radius 1 is 1.40 bits per heavy atom. The van der Waals surface area contributed by atoms with Crippen molar-refractivity contribution in [1.82, 2.24) is 4.98 Å². The third kappa shape index (κ3) is 3.84. The molecule has 20 heavy (non-hydrogen) atoms. The predicted molar refractivity (Wildman–Crippen MR) is 81.8 cm³/mol. The fraction of sp³-hybridized carbons (Fsp3) is 0.214. The molecule has 0 aliphatic carbocycles. The van der Waals surface area contributed by atoms with Gasteiger partial charge in [0.2, 0.25) is 0 Å². The highest BCUT2D eigenvalue weighted by molar-refractivity contribution is 9.10. The van der Waals surface area contributed by atoms with Gasteiger partial charge in [-0.2, -0.15) is 0 Å². The van der Waals surface area contributed by atoms with E-state index >= 15 is 0 Å². The molecule has 0 saturated heterocycles. The van der Waals surface area contributed by atoms with Crippen LogP contribution in [0.25, 0.3) is 0 Å². The van der Waals surface area contributed by atoms with Crippen molar-refractivity contribution in [2.24, 2.45) is 0 Å². The third-order valence-corrected chi connectivity index (χ3v) is 3.46. The number of benzene rings is 1. The van der Waals surface area contributed by atoms with Crippen LogP contribution in [0.3, 0.4) is 0 Å². The Morgan fingerprint density at radius 3 is 2.85 bits per heavy atom. The summed E-state index contributed by atoms with van der Waals surface area (Å²) in [6.07, 6.45) is 1.72. The average molecular weight is 360 g/mol. The molecular formula is C14H13BrClFN2O. The van der Waals surface area contributed by atoms with Crippen LogP contribution in [0.1, 0.15) is 12.5 Å². The summed E-state index contributed by atoms with van der Waals surface area (Å²) in [5.41, 5.74) is 0.897. The van der Waals surface area contributed by atoms with Gasteiger partial charge in [0.15, 0.2) is 0 Å². The van der Waals surface area contributed by atoms with Crippen LogP contribution in [-0.2, 0) is 6.61 Å². The van der Waals surface area contributed by atoms with E-state index < -0.39 is 5.82 Å². The van der Waals surface area contributed by atoms with E-state index in [4.69, 9.17) is 16.3 Å². The van der Waals surface area contributed by atoms with Crippen molar-refractivity contribution in [3.8, 4) is 5.75 Å². The summed E-state index contributed by atoms with van der Waals surface area (Å²) < 4.78 is 19.5. The van der Waals surface area contributed by atoms with Crippen LogP contribution < -0.4 is 10.1 Å². The quantitative estimate of drug-likeness (QED) is 0.789. The minimum Gasteiger partial charge on any atom is -0.488 e. The van der Waals surface area contributed by atoms with Crippen molar-refractivity contribution in [2.75, 3.05) is 11.9 Å². The highest BCUT2D eigenvalue weighted by atomic mass is 79.9. The summed E-state index contributed by atoms with van der Waals surface area (Å²) in [4.78, 5) is 4.24. The summed E-state index contributed by atoms with van der Waals surface area (Å²) in [5, 5.41) is 3.16. The largest absolute Gasteiger partial charge is 0.488 e. The first kappa shape index (κ1) is 15.1. The summed E-state index contributed by atoms with van der Waals surface area (Å²) in [6.45, 7) is 3.13. The first-order chi connectivity index (χ1) is 9.60. The first-order valence-corrected chi connectivity index (χ1v) is 7.23. The maximum Gasteiger partial charge on any atom is 0.145 e. The van der Waals surface area contributed by atoms with Gasteiger partial charge in [0.05, 0.1) is 9.50 Å². The van der Waals surface area contributed by atoms with Gasteiger partial charge in [-0.3, -0.25) is 0 Å². The molecule has 0 saturated carbocycles. The molecule has 0 aliphatic heterocycles. The lowest BCUT2D eigenvalue weighted by molar-refractivity contribution is 0.302. The zero-order chi connectivity index (χ0) is 14.5. The molecule has 0 fully saturated rings. The van der Waals surface area contributed by atoms with E-state index in [1.807, 2.05) is 19.1 Å². The number of aromatic nitrogens is 1. The molecule has 1 aromatic carbocycles. The number of hydrogen-bond acceptors (Lipinski definition) is 3. The second kappa shape index (κ2) is 6.90. The second-order valence-corrected chi connectivity index (χ2v) is 5.33. The smallest absolute Gasteiger partial charge is 0.145 e. The molecule has 0 amide bonds. The molecule has 6 heteroatoms. The molecule has 0 radical (unpaired) electrons. The molecule has 2 aromatic rings. The first-order valence-electron chi connectivity index (χ1n) is 6.06. The van der Waals surface area contributed by atoms with Crippen LogP contribution in [0, 0.1) is 5.82 Å². The van der Waals surface area contributed by atoms with Gasteiger partial charge >= 0.3 is 0 Å². The van der Waals surface area contributed by atoms with Crippen molar-refractivity contribution in [3.63, 3.8) is 0 Å². The summed E-state index contributed by atoms with van der Waals surface area (Å²) in [6, 6.07) is 6.51. The monoisotopic (exact) mass is 358 g/mol. The summed E-state index contributed by atoms with van der Waals surface area (Å²) >= 11 is 8.96. The SMILES string of the molecule is CCNc1ccc(COc2cc(F)c(Cl)cc2Br)cn1. The Kier molecular flexibility index (Phi) is 5.20. The third-order valence-electron chi connectivity index (χ3n) is 2.55. The van der Waals surface area contributed by atoms with Crippen molar-refractivity contribution >= 4 is 33.3 Å². The molecule has 3 nitrogen and oxygen atoms in total. The van der Waals surface area contributed by atoms with Crippen LogP contribution in [0.5, 0.6) is 5.75 Å².